The molecule has 2 aromatic rings. The maximum atomic E-state index is 10.9. The van der Waals surface area contributed by atoms with Crippen LogP contribution in [0.1, 0.15) is 42.6 Å². The quantitative estimate of drug-likeness (QED) is 0.487. The lowest BCUT2D eigenvalue weighted by Crippen LogP contribution is -2.01. The van der Waals surface area contributed by atoms with E-state index in [9.17, 15) is 4.79 Å². The van der Waals surface area contributed by atoms with Gasteiger partial charge >= 0.3 is 5.97 Å². The summed E-state index contributed by atoms with van der Waals surface area (Å²) in [5.41, 5.74) is 4.64. The number of ether oxygens (including phenoxy) is 2. The molecule has 6 heteroatoms. The number of hydrogen-bond acceptors (Lipinski definition) is 5. The Balaban J connectivity index is 2.07. The van der Waals surface area contributed by atoms with Gasteiger partial charge in [0, 0.05) is 11.6 Å². The van der Waals surface area contributed by atoms with Gasteiger partial charge in [-0.1, -0.05) is 13.8 Å². The van der Waals surface area contributed by atoms with Gasteiger partial charge in [-0.2, -0.15) is 5.10 Å². The topological polar surface area (TPSA) is 80.2 Å². The number of rotatable bonds is 10. The third-order valence-electron chi connectivity index (χ3n) is 3.45. The molecule has 0 heterocycles. The van der Waals surface area contributed by atoms with Gasteiger partial charge in [-0.25, -0.2) is 4.79 Å². The number of aromatic carboxylic acids is 1. The van der Waals surface area contributed by atoms with Crippen molar-refractivity contribution >= 4 is 17.9 Å². The molecule has 0 bridgehead atoms. The van der Waals surface area contributed by atoms with Crippen LogP contribution in [0.25, 0.3) is 0 Å². The minimum absolute atomic E-state index is 0.234. The summed E-state index contributed by atoms with van der Waals surface area (Å²) in [6, 6.07) is 12.0. The predicted molar refractivity (Wildman–Crippen MR) is 103 cm³/mol. The van der Waals surface area contributed by atoms with Crippen LogP contribution in [-0.2, 0) is 0 Å². The van der Waals surface area contributed by atoms with Gasteiger partial charge in [0.25, 0.3) is 0 Å². The standard InChI is InChI=1S/C20H24N2O4/c1-3-11-25-18-10-7-16(19(13-18)26-12-4-2)14-21-22-17-8-5-15(6-9-17)20(23)24/h5-10,13-14,22H,3-4,11-12H2,1-2H3,(H,23,24)/b21-14+. The van der Waals surface area contributed by atoms with Gasteiger partial charge < -0.3 is 14.6 Å². The Morgan fingerprint density at radius 3 is 2.42 bits per heavy atom. The fraction of sp³-hybridized carbons (Fsp3) is 0.300. The number of anilines is 1. The molecule has 0 spiro atoms. The van der Waals surface area contributed by atoms with E-state index in [4.69, 9.17) is 14.6 Å². The SMILES string of the molecule is CCCOc1ccc(/C=N/Nc2ccc(C(=O)O)cc2)c(OCCC)c1. The first kappa shape index (κ1) is 19.3. The van der Waals surface area contributed by atoms with Crippen molar-refractivity contribution in [2.75, 3.05) is 18.6 Å². The van der Waals surface area contributed by atoms with Gasteiger partial charge in [-0.3, -0.25) is 5.43 Å². The van der Waals surface area contributed by atoms with E-state index in [1.807, 2.05) is 25.1 Å². The molecule has 0 aliphatic carbocycles. The number of nitrogens with one attached hydrogen (secondary N) is 1. The zero-order valence-corrected chi connectivity index (χ0v) is 15.1. The van der Waals surface area contributed by atoms with E-state index in [1.165, 1.54) is 12.1 Å². The molecule has 0 atom stereocenters. The highest BCUT2D eigenvalue weighted by Gasteiger charge is 2.05. The Morgan fingerprint density at radius 2 is 1.77 bits per heavy atom. The second-order valence-electron chi connectivity index (χ2n) is 5.65. The summed E-state index contributed by atoms with van der Waals surface area (Å²) >= 11 is 0. The highest BCUT2D eigenvalue weighted by atomic mass is 16.5. The molecule has 0 fully saturated rings. The lowest BCUT2D eigenvalue weighted by Gasteiger charge is -2.11. The molecule has 2 aromatic carbocycles. The van der Waals surface area contributed by atoms with Gasteiger partial charge in [-0.15, -0.1) is 0 Å². The van der Waals surface area contributed by atoms with Crippen LogP contribution in [-0.4, -0.2) is 30.5 Å². The Morgan fingerprint density at radius 1 is 1.08 bits per heavy atom. The lowest BCUT2D eigenvalue weighted by atomic mass is 10.2. The minimum Gasteiger partial charge on any atom is -0.493 e. The van der Waals surface area contributed by atoms with Gasteiger partial charge in [0.1, 0.15) is 11.5 Å². The van der Waals surface area contributed by atoms with E-state index in [0.29, 0.717) is 24.7 Å². The van der Waals surface area contributed by atoms with E-state index >= 15 is 0 Å². The third-order valence-corrected chi connectivity index (χ3v) is 3.45. The molecule has 0 aliphatic rings. The van der Waals surface area contributed by atoms with Crippen LogP contribution >= 0.6 is 0 Å². The molecule has 0 aromatic heterocycles. The summed E-state index contributed by atoms with van der Waals surface area (Å²) < 4.78 is 11.4. The number of nitrogens with zero attached hydrogens (tertiary/aromatic N) is 1. The van der Waals surface area contributed by atoms with Crippen LogP contribution in [0.2, 0.25) is 0 Å². The lowest BCUT2D eigenvalue weighted by molar-refractivity contribution is 0.0697. The van der Waals surface area contributed by atoms with Crippen molar-refractivity contribution in [3.05, 3.63) is 53.6 Å². The van der Waals surface area contributed by atoms with Crippen LogP contribution < -0.4 is 14.9 Å². The van der Waals surface area contributed by atoms with Gasteiger partial charge in [0.15, 0.2) is 0 Å². The molecule has 2 rings (SSSR count). The first-order chi connectivity index (χ1) is 12.6. The average molecular weight is 356 g/mol. The third kappa shape index (κ3) is 5.81. The van der Waals surface area contributed by atoms with Gasteiger partial charge in [0.2, 0.25) is 0 Å². The summed E-state index contributed by atoms with van der Waals surface area (Å²) in [6.07, 6.45) is 3.52. The first-order valence-corrected chi connectivity index (χ1v) is 8.66. The van der Waals surface area contributed by atoms with Crippen LogP contribution in [0, 0.1) is 0 Å². The van der Waals surface area contributed by atoms with Crippen molar-refractivity contribution in [3.63, 3.8) is 0 Å². The Hall–Kier alpha value is -3.02. The minimum atomic E-state index is -0.955. The normalized spacial score (nSPS) is 10.7. The van der Waals surface area contributed by atoms with Crippen molar-refractivity contribution in [1.29, 1.82) is 0 Å². The Labute approximate surface area is 153 Å². The fourth-order valence-corrected chi connectivity index (χ4v) is 2.13. The zero-order chi connectivity index (χ0) is 18.8. The van der Waals surface area contributed by atoms with E-state index in [-0.39, 0.29) is 5.56 Å². The molecule has 138 valence electrons. The molecule has 26 heavy (non-hydrogen) atoms. The molecule has 0 radical (unpaired) electrons. The largest absolute Gasteiger partial charge is 0.493 e. The van der Waals surface area contributed by atoms with E-state index in [0.717, 1.165) is 24.2 Å². The summed E-state index contributed by atoms with van der Waals surface area (Å²) in [7, 11) is 0. The number of hydrogen-bond donors (Lipinski definition) is 2. The monoisotopic (exact) mass is 356 g/mol. The summed E-state index contributed by atoms with van der Waals surface area (Å²) in [4.78, 5) is 10.9. The van der Waals surface area contributed by atoms with Crippen LogP contribution in [0.3, 0.4) is 0 Å². The fourth-order valence-electron chi connectivity index (χ4n) is 2.13. The molecule has 0 saturated heterocycles. The van der Waals surface area contributed by atoms with Gasteiger partial charge in [-0.05, 0) is 49.2 Å². The van der Waals surface area contributed by atoms with E-state index in [1.54, 1.807) is 18.3 Å². The molecule has 6 nitrogen and oxygen atoms in total. The van der Waals surface area contributed by atoms with Crippen LogP contribution in [0.15, 0.2) is 47.6 Å². The highest BCUT2D eigenvalue weighted by Crippen LogP contribution is 2.24. The maximum absolute atomic E-state index is 10.9. The second-order valence-corrected chi connectivity index (χ2v) is 5.65. The second kappa shape index (κ2) is 10.1. The molecule has 0 amide bonds. The molecule has 0 saturated carbocycles. The number of carboxylic acid groups (broad SMARTS) is 1. The van der Waals surface area contributed by atoms with E-state index in [2.05, 4.69) is 17.5 Å². The van der Waals surface area contributed by atoms with Crippen LogP contribution in [0.4, 0.5) is 5.69 Å². The first-order valence-electron chi connectivity index (χ1n) is 8.66. The number of carboxylic acids is 1. The highest BCUT2D eigenvalue weighted by molar-refractivity contribution is 5.88. The summed E-state index contributed by atoms with van der Waals surface area (Å²) in [5, 5.41) is 13.1. The smallest absolute Gasteiger partial charge is 0.335 e. The zero-order valence-electron chi connectivity index (χ0n) is 15.1. The van der Waals surface area contributed by atoms with Crippen molar-refractivity contribution in [2.24, 2.45) is 5.10 Å². The van der Waals surface area contributed by atoms with E-state index < -0.39 is 5.97 Å². The number of benzene rings is 2. The van der Waals surface area contributed by atoms with Gasteiger partial charge in [0.05, 0.1) is 30.7 Å². The molecule has 0 aliphatic heterocycles. The predicted octanol–water partition coefficient (Wildman–Crippen LogP) is 4.41. The Bertz CT molecular complexity index is 742. The summed E-state index contributed by atoms with van der Waals surface area (Å²) in [6.45, 7) is 5.38. The van der Waals surface area contributed by atoms with Crippen molar-refractivity contribution < 1.29 is 19.4 Å². The number of hydrazone groups is 1. The number of carbonyl (C=O) groups is 1. The maximum Gasteiger partial charge on any atom is 0.335 e. The Kier molecular flexibility index (Phi) is 7.49. The molecular weight excluding hydrogens is 332 g/mol. The van der Waals surface area contributed by atoms with Crippen molar-refractivity contribution in [1.82, 2.24) is 0 Å². The van der Waals surface area contributed by atoms with Crippen molar-refractivity contribution in [2.45, 2.75) is 26.7 Å². The average Bonchev–Trinajstić information content (AvgIpc) is 2.66. The summed E-state index contributed by atoms with van der Waals surface area (Å²) in [5.74, 6) is 0.530. The molecular formula is C20H24N2O4. The van der Waals surface area contributed by atoms with Crippen molar-refractivity contribution in [3.8, 4) is 11.5 Å². The van der Waals surface area contributed by atoms with Crippen LogP contribution in [0.5, 0.6) is 11.5 Å². The molecule has 0 unspecified atom stereocenters. The molecule has 2 N–H and O–H groups in total.